The average Bonchev–Trinajstić information content (AvgIpc) is 2.46. The molecule has 8 nitrogen and oxygen atoms in total. The number of ether oxygens (including phenoxy) is 1. The summed E-state index contributed by atoms with van der Waals surface area (Å²) in [6, 6.07) is 1.52. The van der Waals surface area contributed by atoms with Crippen molar-refractivity contribution in [3.63, 3.8) is 0 Å². The summed E-state index contributed by atoms with van der Waals surface area (Å²) in [6.45, 7) is 0.158. The molecule has 1 rings (SSSR count). The van der Waals surface area contributed by atoms with E-state index in [1.165, 1.54) is 18.3 Å². The van der Waals surface area contributed by atoms with E-state index in [0.29, 0.717) is 5.69 Å². The maximum absolute atomic E-state index is 11.9. The summed E-state index contributed by atoms with van der Waals surface area (Å²) in [4.78, 5) is 37.9. The maximum Gasteiger partial charge on any atom is 0.326 e. The SMILES string of the molecule is COC(=O)C[C@H](NC(=O)c1ccnc(CN)c1)C(=O)O. The number of pyridine rings is 1. The fourth-order valence-electron chi connectivity index (χ4n) is 1.42. The summed E-state index contributed by atoms with van der Waals surface area (Å²) in [5, 5.41) is 11.2. The van der Waals surface area contributed by atoms with Gasteiger partial charge in [-0.3, -0.25) is 14.6 Å². The van der Waals surface area contributed by atoms with Crippen molar-refractivity contribution in [3.05, 3.63) is 29.6 Å². The van der Waals surface area contributed by atoms with Crippen LogP contribution in [0.5, 0.6) is 0 Å². The van der Waals surface area contributed by atoms with E-state index in [1.54, 1.807) is 0 Å². The number of amides is 1. The zero-order valence-corrected chi connectivity index (χ0v) is 10.8. The zero-order chi connectivity index (χ0) is 15.1. The van der Waals surface area contributed by atoms with Gasteiger partial charge in [0, 0.05) is 18.3 Å². The molecule has 108 valence electrons. The van der Waals surface area contributed by atoms with E-state index in [2.05, 4.69) is 15.0 Å². The molecule has 1 heterocycles. The van der Waals surface area contributed by atoms with Gasteiger partial charge in [0.2, 0.25) is 0 Å². The van der Waals surface area contributed by atoms with Crippen LogP contribution in [0.3, 0.4) is 0 Å². The summed E-state index contributed by atoms with van der Waals surface area (Å²) in [6.07, 6.45) is 0.944. The molecule has 0 aromatic carbocycles. The van der Waals surface area contributed by atoms with Crippen molar-refractivity contribution < 1.29 is 24.2 Å². The van der Waals surface area contributed by atoms with Gasteiger partial charge in [-0.15, -0.1) is 0 Å². The molecule has 1 aromatic rings. The quantitative estimate of drug-likeness (QED) is 0.586. The lowest BCUT2D eigenvalue weighted by atomic mass is 10.1. The number of nitrogens with zero attached hydrogens (tertiary/aromatic N) is 1. The number of methoxy groups -OCH3 is 1. The molecule has 0 bridgehead atoms. The van der Waals surface area contributed by atoms with Crippen LogP contribution in [0.15, 0.2) is 18.3 Å². The van der Waals surface area contributed by atoms with Crippen LogP contribution in [0.25, 0.3) is 0 Å². The first-order valence-corrected chi connectivity index (χ1v) is 5.73. The maximum atomic E-state index is 11.9. The lowest BCUT2D eigenvalue weighted by molar-refractivity contribution is -0.147. The second-order valence-electron chi connectivity index (χ2n) is 3.88. The number of aromatic nitrogens is 1. The molecule has 1 atom stereocenters. The van der Waals surface area contributed by atoms with Crippen LogP contribution in [0, 0.1) is 0 Å². The van der Waals surface area contributed by atoms with E-state index in [0.717, 1.165) is 7.11 Å². The molecule has 0 aliphatic rings. The minimum atomic E-state index is -1.36. The molecule has 0 radical (unpaired) electrons. The third-order valence-electron chi connectivity index (χ3n) is 2.49. The Kier molecular flexibility index (Phi) is 5.60. The monoisotopic (exact) mass is 281 g/mol. The Morgan fingerprint density at radius 3 is 2.75 bits per heavy atom. The number of aliphatic carboxylic acids is 1. The Balaban J connectivity index is 2.79. The first-order valence-electron chi connectivity index (χ1n) is 5.73. The van der Waals surface area contributed by atoms with Gasteiger partial charge < -0.3 is 20.9 Å². The molecule has 0 aliphatic carbocycles. The van der Waals surface area contributed by atoms with Crippen molar-refractivity contribution in [1.82, 2.24) is 10.3 Å². The third kappa shape index (κ3) is 4.32. The van der Waals surface area contributed by atoms with Crippen LogP contribution < -0.4 is 11.1 Å². The molecule has 4 N–H and O–H groups in total. The van der Waals surface area contributed by atoms with Gasteiger partial charge in [0.15, 0.2) is 0 Å². The van der Waals surface area contributed by atoms with Gasteiger partial charge in [0.05, 0.1) is 19.2 Å². The normalized spacial score (nSPS) is 11.5. The summed E-state index contributed by atoms with van der Waals surface area (Å²) < 4.78 is 4.37. The molecule has 1 aromatic heterocycles. The molecule has 0 saturated heterocycles. The molecular formula is C12H15N3O5. The number of hydrogen-bond acceptors (Lipinski definition) is 6. The Hall–Kier alpha value is -2.48. The largest absolute Gasteiger partial charge is 0.480 e. The predicted molar refractivity (Wildman–Crippen MR) is 67.7 cm³/mol. The van der Waals surface area contributed by atoms with Crippen LogP contribution in [-0.2, 0) is 20.9 Å². The summed E-state index contributed by atoms with van der Waals surface area (Å²) in [5.41, 5.74) is 6.12. The van der Waals surface area contributed by atoms with Crippen LogP contribution in [0.2, 0.25) is 0 Å². The number of carboxylic acids is 1. The summed E-state index contributed by atoms with van der Waals surface area (Å²) >= 11 is 0. The van der Waals surface area contributed by atoms with Gasteiger partial charge >= 0.3 is 11.9 Å². The number of carbonyl (C=O) groups excluding carboxylic acids is 2. The number of carboxylic acid groups (broad SMARTS) is 1. The highest BCUT2D eigenvalue weighted by molar-refractivity contribution is 5.97. The van der Waals surface area contributed by atoms with E-state index in [4.69, 9.17) is 10.8 Å². The number of hydrogen-bond donors (Lipinski definition) is 3. The van der Waals surface area contributed by atoms with Gasteiger partial charge in [0.1, 0.15) is 6.04 Å². The van der Waals surface area contributed by atoms with Crippen LogP contribution in [-0.4, -0.2) is 41.1 Å². The zero-order valence-electron chi connectivity index (χ0n) is 10.8. The molecule has 0 aliphatic heterocycles. The topological polar surface area (TPSA) is 132 Å². The van der Waals surface area contributed by atoms with E-state index < -0.39 is 30.3 Å². The van der Waals surface area contributed by atoms with Crippen molar-refractivity contribution in [2.24, 2.45) is 5.73 Å². The Morgan fingerprint density at radius 2 is 2.20 bits per heavy atom. The minimum absolute atomic E-state index is 0.158. The number of esters is 1. The number of nitrogens with one attached hydrogen (secondary N) is 1. The molecule has 8 heteroatoms. The van der Waals surface area contributed by atoms with Crippen molar-refractivity contribution >= 4 is 17.8 Å². The molecule has 20 heavy (non-hydrogen) atoms. The highest BCUT2D eigenvalue weighted by Crippen LogP contribution is 2.03. The van der Waals surface area contributed by atoms with Crippen LogP contribution >= 0.6 is 0 Å². The smallest absolute Gasteiger partial charge is 0.326 e. The van der Waals surface area contributed by atoms with E-state index >= 15 is 0 Å². The van der Waals surface area contributed by atoms with E-state index in [9.17, 15) is 14.4 Å². The second kappa shape index (κ2) is 7.19. The molecule has 0 saturated carbocycles. The van der Waals surface area contributed by atoms with E-state index in [1.807, 2.05) is 0 Å². The van der Waals surface area contributed by atoms with Gasteiger partial charge in [-0.1, -0.05) is 0 Å². The number of nitrogens with two attached hydrogens (primary N) is 1. The Morgan fingerprint density at radius 1 is 1.50 bits per heavy atom. The highest BCUT2D eigenvalue weighted by atomic mass is 16.5. The minimum Gasteiger partial charge on any atom is -0.480 e. The molecule has 1 amide bonds. The summed E-state index contributed by atoms with van der Waals surface area (Å²) in [5.74, 6) is -2.68. The first kappa shape index (κ1) is 15.6. The first-order chi connectivity index (χ1) is 9.47. The van der Waals surface area contributed by atoms with Crippen LogP contribution in [0.1, 0.15) is 22.5 Å². The standard InChI is InChI=1S/C12H15N3O5/c1-20-10(16)5-9(12(18)19)15-11(17)7-2-3-14-8(4-7)6-13/h2-4,9H,5-6,13H2,1H3,(H,15,17)(H,18,19)/t9-/m0/s1. The Labute approximate surface area is 114 Å². The fraction of sp³-hybridized carbons (Fsp3) is 0.333. The highest BCUT2D eigenvalue weighted by Gasteiger charge is 2.24. The van der Waals surface area contributed by atoms with E-state index in [-0.39, 0.29) is 12.1 Å². The lowest BCUT2D eigenvalue weighted by Crippen LogP contribution is -2.42. The predicted octanol–water partition coefficient (Wildman–Crippen LogP) is -0.714. The molecular weight excluding hydrogens is 266 g/mol. The van der Waals surface area contributed by atoms with Crippen molar-refractivity contribution in [1.29, 1.82) is 0 Å². The van der Waals surface area contributed by atoms with Gasteiger partial charge in [-0.05, 0) is 12.1 Å². The third-order valence-corrected chi connectivity index (χ3v) is 2.49. The summed E-state index contributed by atoms with van der Waals surface area (Å²) in [7, 11) is 1.14. The Bertz CT molecular complexity index is 518. The van der Waals surface area contributed by atoms with Gasteiger partial charge in [0.25, 0.3) is 5.91 Å². The molecule has 0 fully saturated rings. The molecule has 0 spiro atoms. The second-order valence-corrected chi connectivity index (χ2v) is 3.88. The average molecular weight is 281 g/mol. The number of carbonyl (C=O) groups is 3. The number of rotatable bonds is 6. The van der Waals surface area contributed by atoms with Gasteiger partial charge in [-0.2, -0.15) is 0 Å². The van der Waals surface area contributed by atoms with Crippen molar-refractivity contribution in [3.8, 4) is 0 Å². The molecule has 0 unspecified atom stereocenters. The lowest BCUT2D eigenvalue weighted by Gasteiger charge is -2.13. The van der Waals surface area contributed by atoms with Crippen molar-refractivity contribution in [2.45, 2.75) is 19.0 Å². The van der Waals surface area contributed by atoms with Crippen molar-refractivity contribution in [2.75, 3.05) is 7.11 Å². The van der Waals surface area contributed by atoms with Crippen LogP contribution in [0.4, 0.5) is 0 Å². The fourth-order valence-corrected chi connectivity index (χ4v) is 1.42. The van der Waals surface area contributed by atoms with Gasteiger partial charge in [-0.25, -0.2) is 4.79 Å².